The Morgan fingerprint density at radius 1 is 1.47 bits per heavy atom. The second-order valence-electron chi connectivity index (χ2n) is 4.26. The number of aryl methyl sites for hydroxylation is 1. The lowest BCUT2D eigenvalue weighted by Crippen LogP contribution is -2.49. The molecule has 0 saturated carbocycles. The molecule has 4 nitrogen and oxygen atoms in total. The van der Waals surface area contributed by atoms with E-state index in [1.807, 2.05) is 33.2 Å². The summed E-state index contributed by atoms with van der Waals surface area (Å²) in [6.45, 7) is 4.60. The number of aromatic nitrogens is 1. The van der Waals surface area contributed by atoms with Gasteiger partial charge in [-0.05, 0) is 25.0 Å². The smallest absolute Gasteiger partial charge is 0.267 e. The Labute approximate surface area is 109 Å². The monoisotopic (exact) mass is 259 g/mol. The van der Waals surface area contributed by atoms with Crippen LogP contribution in [0.1, 0.15) is 37.2 Å². The molecule has 0 aliphatic carbocycles. The number of carbonyl (C=O) groups excluding carboxylic acids is 1. The zero-order valence-electron chi connectivity index (χ0n) is 10.7. The number of nitrogens with one attached hydrogen (secondary N) is 1. The maximum atomic E-state index is 11.8. The van der Waals surface area contributed by atoms with Crippen LogP contribution in [0, 0.1) is 0 Å². The summed E-state index contributed by atoms with van der Waals surface area (Å²) in [5, 5.41) is 2.88. The van der Waals surface area contributed by atoms with Gasteiger partial charge in [-0.3, -0.25) is 4.79 Å². The molecule has 0 aromatic carbocycles. The molecule has 0 atom stereocenters. The van der Waals surface area contributed by atoms with Crippen LogP contribution in [0.3, 0.4) is 0 Å². The number of nitrogens with two attached hydrogens (primary N) is 1. The molecule has 0 aliphatic rings. The first kappa shape index (κ1) is 16.0. The van der Waals surface area contributed by atoms with Crippen molar-refractivity contribution >= 4 is 18.3 Å². The van der Waals surface area contributed by atoms with E-state index >= 15 is 0 Å². The van der Waals surface area contributed by atoms with Gasteiger partial charge in [0, 0.05) is 25.3 Å². The summed E-state index contributed by atoms with van der Waals surface area (Å²) in [4.78, 5) is 11.8. The van der Waals surface area contributed by atoms with E-state index < -0.39 is 0 Å². The average Bonchev–Trinajstić information content (AvgIpc) is 2.72. The third kappa shape index (κ3) is 4.06. The van der Waals surface area contributed by atoms with Crippen molar-refractivity contribution in [2.75, 3.05) is 6.54 Å². The number of carbonyl (C=O) groups is 1. The Morgan fingerprint density at radius 2 is 2.06 bits per heavy atom. The molecule has 1 aromatic rings. The highest BCUT2D eigenvalue weighted by molar-refractivity contribution is 5.92. The molecule has 0 fully saturated rings. The Kier molecular flexibility index (Phi) is 6.27. The van der Waals surface area contributed by atoms with Gasteiger partial charge in [0.15, 0.2) is 0 Å². The molecule has 0 spiro atoms. The van der Waals surface area contributed by atoms with Crippen LogP contribution in [0.5, 0.6) is 0 Å². The second kappa shape index (κ2) is 6.67. The molecule has 98 valence electrons. The van der Waals surface area contributed by atoms with E-state index in [1.165, 1.54) is 0 Å². The topological polar surface area (TPSA) is 60.0 Å². The molecule has 17 heavy (non-hydrogen) atoms. The van der Waals surface area contributed by atoms with Crippen LogP contribution in [0.4, 0.5) is 0 Å². The first-order valence-electron chi connectivity index (χ1n) is 5.71. The predicted octanol–water partition coefficient (Wildman–Crippen LogP) is 1.69. The standard InChI is InChI=1S/C12H21N3O.ClH/c1-4-12(13,5-2)9-14-11(16)10-7-6-8-15(10)3;/h6-8H,4-5,9,13H2,1-3H3,(H,14,16);1H. The third-order valence-corrected chi connectivity index (χ3v) is 3.19. The van der Waals surface area contributed by atoms with E-state index in [0.29, 0.717) is 12.2 Å². The van der Waals surface area contributed by atoms with Crippen molar-refractivity contribution in [2.45, 2.75) is 32.2 Å². The van der Waals surface area contributed by atoms with Crippen LogP contribution in [0.25, 0.3) is 0 Å². The normalized spacial score (nSPS) is 10.8. The summed E-state index contributed by atoms with van der Waals surface area (Å²) in [5.74, 6) is -0.0655. The number of hydrogen-bond acceptors (Lipinski definition) is 2. The molecule has 0 saturated heterocycles. The van der Waals surface area contributed by atoms with Crippen LogP contribution < -0.4 is 11.1 Å². The van der Waals surface area contributed by atoms with E-state index in [9.17, 15) is 4.79 Å². The SMILES string of the molecule is CCC(N)(CC)CNC(=O)c1cccn1C.Cl. The minimum atomic E-state index is -0.291. The predicted molar refractivity (Wildman–Crippen MR) is 72.5 cm³/mol. The Balaban J connectivity index is 0.00000256. The third-order valence-electron chi connectivity index (χ3n) is 3.19. The van der Waals surface area contributed by atoms with Crippen LogP contribution >= 0.6 is 12.4 Å². The largest absolute Gasteiger partial charge is 0.349 e. The highest BCUT2D eigenvalue weighted by Crippen LogP contribution is 2.09. The fraction of sp³-hybridized carbons (Fsp3) is 0.583. The minimum Gasteiger partial charge on any atom is -0.349 e. The van der Waals surface area contributed by atoms with Gasteiger partial charge in [-0.15, -0.1) is 12.4 Å². The lowest BCUT2D eigenvalue weighted by Gasteiger charge is -2.26. The van der Waals surface area contributed by atoms with Crippen LogP contribution in [-0.4, -0.2) is 22.6 Å². The van der Waals surface area contributed by atoms with Gasteiger partial charge < -0.3 is 15.6 Å². The molecule has 1 heterocycles. The number of nitrogens with zero attached hydrogens (tertiary/aromatic N) is 1. The summed E-state index contributed by atoms with van der Waals surface area (Å²) >= 11 is 0. The Hall–Kier alpha value is -1.00. The van der Waals surface area contributed by atoms with E-state index in [1.54, 1.807) is 10.6 Å². The summed E-state index contributed by atoms with van der Waals surface area (Å²) < 4.78 is 1.80. The Bertz CT molecular complexity index is 358. The molecule has 0 unspecified atom stereocenters. The number of rotatable bonds is 5. The summed E-state index contributed by atoms with van der Waals surface area (Å²) in [6, 6.07) is 3.65. The first-order chi connectivity index (χ1) is 7.52. The van der Waals surface area contributed by atoms with Crippen LogP contribution in [0.2, 0.25) is 0 Å². The summed E-state index contributed by atoms with van der Waals surface area (Å²) in [5.41, 5.74) is 6.49. The molecule has 1 amide bonds. The fourth-order valence-electron chi connectivity index (χ4n) is 1.54. The lowest BCUT2D eigenvalue weighted by molar-refractivity contribution is 0.0934. The molecular formula is C12H22ClN3O. The highest BCUT2D eigenvalue weighted by atomic mass is 35.5. The van der Waals surface area contributed by atoms with Crippen molar-refractivity contribution in [2.24, 2.45) is 12.8 Å². The quantitative estimate of drug-likeness (QED) is 0.846. The van der Waals surface area contributed by atoms with Gasteiger partial charge in [-0.25, -0.2) is 0 Å². The number of hydrogen-bond donors (Lipinski definition) is 2. The van der Waals surface area contributed by atoms with Crippen molar-refractivity contribution in [1.29, 1.82) is 0 Å². The molecule has 3 N–H and O–H groups in total. The number of amides is 1. The lowest BCUT2D eigenvalue weighted by atomic mass is 9.94. The molecule has 1 rings (SSSR count). The van der Waals surface area contributed by atoms with E-state index in [0.717, 1.165) is 12.8 Å². The van der Waals surface area contributed by atoms with Gasteiger partial charge >= 0.3 is 0 Å². The maximum absolute atomic E-state index is 11.8. The molecule has 0 radical (unpaired) electrons. The summed E-state index contributed by atoms with van der Waals surface area (Å²) in [6.07, 6.45) is 3.57. The van der Waals surface area contributed by atoms with E-state index in [4.69, 9.17) is 5.73 Å². The van der Waals surface area contributed by atoms with Crippen molar-refractivity contribution in [1.82, 2.24) is 9.88 Å². The Morgan fingerprint density at radius 3 is 2.47 bits per heavy atom. The fourth-order valence-corrected chi connectivity index (χ4v) is 1.54. The molecule has 0 aliphatic heterocycles. The maximum Gasteiger partial charge on any atom is 0.267 e. The van der Waals surface area contributed by atoms with Crippen LogP contribution in [-0.2, 0) is 7.05 Å². The number of halogens is 1. The molecule has 5 heteroatoms. The van der Waals surface area contributed by atoms with Gasteiger partial charge in [-0.1, -0.05) is 13.8 Å². The van der Waals surface area contributed by atoms with Gasteiger partial charge in [0.2, 0.25) is 0 Å². The van der Waals surface area contributed by atoms with E-state index in [-0.39, 0.29) is 23.9 Å². The van der Waals surface area contributed by atoms with Crippen molar-refractivity contribution in [3.8, 4) is 0 Å². The van der Waals surface area contributed by atoms with Crippen molar-refractivity contribution < 1.29 is 4.79 Å². The molecule has 1 aromatic heterocycles. The average molecular weight is 260 g/mol. The highest BCUT2D eigenvalue weighted by Gasteiger charge is 2.21. The van der Waals surface area contributed by atoms with Gasteiger partial charge in [-0.2, -0.15) is 0 Å². The zero-order chi connectivity index (χ0) is 12.2. The van der Waals surface area contributed by atoms with Crippen molar-refractivity contribution in [3.63, 3.8) is 0 Å². The van der Waals surface area contributed by atoms with Crippen molar-refractivity contribution in [3.05, 3.63) is 24.0 Å². The second-order valence-corrected chi connectivity index (χ2v) is 4.26. The minimum absolute atomic E-state index is 0. The van der Waals surface area contributed by atoms with Gasteiger partial charge in [0.25, 0.3) is 5.91 Å². The summed E-state index contributed by atoms with van der Waals surface area (Å²) in [7, 11) is 1.85. The van der Waals surface area contributed by atoms with Gasteiger partial charge in [0.05, 0.1) is 0 Å². The van der Waals surface area contributed by atoms with Crippen LogP contribution in [0.15, 0.2) is 18.3 Å². The van der Waals surface area contributed by atoms with Gasteiger partial charge in [0.1, 0.15) is 5.69 Å². The van der Waals surface area contributed by atoms with E-state index in [2.05, 4.69) is 5.32 Å². The first-order valence-corrected chi connectivity index (χ1v) is 5.71. The zero-order valence-corrected chi connectivity index (χ0v) is 11.5. The molecular weight excluding hydrogens is 238 g/mol. The molecule has 0 bridgehead atoms.